The van der Waals surface area contributed by atoms with Crippen molar-refractivity contribution in [3.05, 3.63) is 35.9 Å². The highest BCUT2D eigenvalue weighted by molar-refractivity contribution is 7.51. The molecule has 0 heterocycles. The van der Waals surface area contributed by atoms with E-state index in [1.165, 1.54) is 5.56 Å². The van der Waals surface area contributed by atoms with E-state index < -0.39 is 0 Å². The van der Waals surface area contributed by atoms with E-state index in [2.05, 4.69) is 63.5 Å². The van der Waals surface area contributed by atoms with Gasteiger partial charge in [0, 0.05) is 32.9 Å². The summed E-state index contributed by atoms with van der Waals surface area (Å²) in [4.78, 5) is 2.53. The number of rotatable bonds is 8. The second-order valence-corrected chi connectivity index (χ2v) is 7.50. The maximum atomic E-state index is 5.98. The molecule has 108 valence electrons. The Kier molecular flexibility index (Phi) is 7.60. The van der Waals surface area contributed by atoms with E-state index in [4.69, 9.17) is 4.52 Å². The van der Waals surface area contributed by atoms with Crippen molar-refractivity contribution in [2.24, 2.45) is 0 Å². The smallest absolute Gasteiger partial charge is 0.0759 e. The molecule has 1 unspecified atom stereocenters. The second-order valence-electron chi connectivity index (χ2n) is 5.54. The van der Waals surface area contributed by atoms with E-state index in [0.717, 1.165) is 19.3 Å². The van der Waals surface area contributed by atoms with Crippen molar-refractivity contribution in [3.63, 3.8) is 0 Å². The Morgan fingerprint density at radius 2 is 1.63 bits per heavy atom. The Balaban J connectivity index is 2.29. The zero-order chi connectivity index (χ0) is 14.3. The van der Waals surface area contributed by atoms with E-state index in [0.29, 0.717) is 12.1 Å². The van der Waals surface area contributed by atoms with Crippen LogP contribution >= 0.6 is 8.15 Å². The third-order valence-corrected chi connectivity index (χ3v) is 4.69. The Morgan fingerprint density at radius 1 is 1.05 bits per heavy atom. The fraction of sp³-hybridized carbons (Fsp3) is 0.625. The van der Waals surface area contributed by atoms with E-state index in [-0.39, 0.29) is 8.15 Å². The third-order valence-electron chi connectivity index (χ3n) is 3.29. The maximum absolute atomic E-state index is 5.98. The predicted molar refractivity (Wildman–Crippen MR) is 85.9 cm³/mol. The molecule has 0 saturated carbocycles. The molecule has 0 fully saturated rings. The molecule has 0 bridgehead atoms. The van der Waals surface area contributed by atoms with Crippen LogP contribution < -0.4 is 0 Å². The highest BCUT2D eigenvalue weighted by atomic mass is 31.1. The lowest BCUT2D eigenvalue weighted by atomic mass is 10.2. The van der Waals surface area contributed by atoms with Crippen molar-refractivity contribution in [2.45, 2.75) is 46.4 Å². The SMILES string of the molecule is CC(C)N(CCP(C)OCc1ccccc1)C(C)C. The lowest BCUT2D eigenvalue weighted by molar-refractivity contribution is 0.185. The molecule has 0 aromatic heterocycles. The third kappa shape index (κ3) is 6.51. The maximum Gasteiger partial charge on any atom is 0.0759 e. The monoisotopic (exact) mass is 281 g/mol. The van der Waals surface area contributed by atoms with E-state index in [1.807, 2.05) is 6.07 Å². The van der Waals surface area contributed by atoms with Crippen LogP contribution in [-0.4, -0.2) is 36.4 Å². The predicted octanol–water partition coefficient (Wildman–Crippen LogP) is 4.35. The van der Waals surface area contributed by atoms with Crippen molar-refractivity contribution in [1.29, 1.82) is 0 Å². The summed E-state index contributed by atoms with van der Waals surface area (Å²) < 4.78 is 5.98. The van der Waals surface area contributed by atoms with Crippen LogP contribution in [0, 0.1) is 0 Å². The van der Waals surface area contributed by atoms with E-state index >= 15 is 0 Å². The van der Waals surface area contributed by atoms with Crippen LogP contribution in [0.2, 0.25) is 0 Å². The van der Waals surface area contributed by atoms with Crippen molar-refractivity contribution < 1.29 is 4.52 Å². The van der Waals surface area contributed by atoms with E-state index in [9.17, 15) is 0 Å². The van der Waals surface area contributed by atoms with Gasteiger partial charge in [0.05, 0.1) is 6.61 Å². The molecule has 0 aliphatic heterocycles. The summed E-state index contributed by atoms with van der Waals surface area (Å²) in [5.74, 6) is 0. The molecule has 0 radical (unpaired) electrons. The molecular weight excluding hydrogens is 253 g/mol. The standard InChI is InChI=1S/C16H28NOP/c1-14(2)17(15(3)4)11-12-19(5)18-13-16-9-7-6-8-10-16/h6-10,14-15H,11-13H2,1-5H3. The fourth-order valence-electron chi connectivity index (χ4n) is 2.19. The molecule has 1 rings (SSSR count). The Bertz CT molecular complexity index is 332. The summed E-state index contributed by atoms with van der Waals surface area (Å²) in [6.07, 6.45) is 1.15. The van der Waals surface area contributed by atoms with Crippen LogP contribution in [0.25, 0.3) is 0 Å². The zero-order valence-electron chi connectivity index (χ0n) is 13.0. The molecule has 1 aromatic rings. The Hall–Kier alpha value is -0.430. The highest BCUT2D eigenvalue weighted by Gasteiger charge is 2.14. The average Bonchev–Trinajstić information content (AvgIpc) is 2.37. The molecular formula is C16H28NOP. The number of nitrogens with zero attached hydrogens (tertiary/aromatic N) is 1. The minimum atomic E-state index is -0.328. The van der Waals surface area contributed by atoms with Gasteiger partial charge in [-0.15, -0.1) is 0 Å². The van der Waals surface area contributed by atoms with Crippen molar-refractivity contribution in [3.8, 4) is 0 Å². The largest absolute Gasteiger partial charge is 0.355 e. The van der Waals surface area contributed by atoms with Gasteiger partial charge in [-0.3, -0.25) is 4.90 Å². The lowest BCUT2D eigenvalue weighted by Gasteiger charge is -2.31. The first-order valence-corrected chi connectivity index (χ1v) is 9.03. The number of hydrogen-bond acceptors (Lipinski definition) is 2. The summed E-state index contributed by atoms with van der Waals surface area (Å²) in [6.45, 7) is 13.2. The van der Waals surface area contributed by atoms with Gasteiger partial charge < -0.3 is 4.52 Å². The van der Waals surface area contributed by atoms with Gasteiger partial charge >= 0.3 is 0 Å². The molecule has 1 aromatic carbocycles. The molecule has 0 amide bonds. The van der Waals surface area contributed by atoms with Gasteiger partial charge in [-0.1, -0.05) is 30.3 Å². The fourth-order valence-corrected chi connectivity index (χ4v) is 3.20. The van der Waals surface area contributed by atoms with Crippen molar-refractivity contribution >= 4 is 8.15 Å². The van der Waals surface area contributed by atoms with Gasteiger partial charge in [-0.2, -0.15) is 0 Å². The van der Waals surface area contributed by atoms with Crippen LogP contribution in [0.1, 0.15) is 33.3 Å². The lowest BCUT2D eigenvalue weighted by Crippen LogP contribution is -2.38. The second kappa shape index (κ2) is 8.68. The molecule has 0 saturated heterocycles. The Labute approximate surface area is 120 Å². The molecule has 3 heteroatoms. The molecule has 19 heavy (non-hydrogen) atoms. The van der Waals surface area contributed by atoms with Crippen LogP contribution in [0.5, 0.6) is 0 Å². The summed E-state index contributed by atoms with van der Waals surface area (Å²) in [5.41, 5.74) is 1.27. The summed E-state index contributed by atoms with van der Waals surface area (Å²) >= 11 is 0. The molecule has 0 aliphatic rings. The summed E-state index contributed by atoms with van der Waals surface area (Å²) in [7, 11) is -0.328. The Morgan fingerprint density at radius 3 is 2.16 bits per heavy atom. The first-order chi connectivity index (χ1) is 9.00. The normalized spacial score (nSPS) is 13.5. The molecule has 2 nitrogen and oxygen atoms in total. The van der Waals surface area contributed by atoms with Gasteiger partial charge in [0.2, 0.25) is 0 Å². The van der Waals surface area contributed by atoms with E-state index in [1.54, 1.807) is 0 Å². The minimum absolute atomic E-state index is 0.328. The van der Waals surface area contributed by atoms with Gasteiger partial charge in [0.25, 0.3) is 0 Å². The summed E-state index contributed by atoms with van der Waals surface area (Å²) in [6, 6.07) is 11.6. The van der Waals surface area contributed by atoms with Crippen LogP contribution in [0.15, 0.2) is 30.3 Å². The highest BCUT2D eigenvalue weighted by Crippen LogP contribution is 2.33. The molecule has 0 aliphatic carbocycles. The first kappa shape index (κ1) is 16.6. The van der Waals surface area contributed by atoms with Crippen molar-refractivity contribution in [2.75, 3.05) is 19.4 Å². The van der Waals surface area contributed by atoms with Gasteiger partial charge in [-0.25, -0.2) is 0 Å². The topological polar surface area (TPSA) is 12.5 Å². The average molecular weight is 281 g/mol. The van der Waals surface area contributed by atoms with Crippen LogP contribution in [0.4, 0.5) is 0 Å². The molecule has 0 spiro atoms. The minimum Gasteiger partial charge on any atom is -0.355 e. The number of hydrogen-bond donors (Lipinski definition) is 0. The quantitative estimate of drug-likeness (QED) is 0.657. The van der Waals surface area contributed by atoms with Crippen LogP contribution in [-0.2, 0) is 11.1 Å². The van der Waals surface area contributed by atoms with Crippen LogP contribution in [0.3, 0.4) is 0 Å². The van der Waals surface area contributed by atoms with Gasteiger partial charge in [0.1, 0.15) is 0 Å². The summed E-state index contributed by atoms with van der Waals surface area (Å²) in [5, 5.41) is 0. The molecule has 1 atom stereocenters. The molecule has 0 N–H and O–H groups in total. The zero-order valence-corrected chi connectivity index (χ0v) is 13.9. The van der Waals surface area contributed by atoms with Gasteiger partial charge in [-0.05, 0) is 39.9 Å². The first-order valence-electron chi connectivity index (χ1n) is 7.14. The van der Waals surface area contributed by atoms with Gasteiger partial charge in [0.15, 0.2) is 0 Å². The van der Waals surface area contributed by atoms with Crippen molar-refractivity contribution in [1.82, 2.24) is 4.90 Å². The number of benzene rings is 1.